The lowest BCUT2D eigenvalue weighted by Gasteiger charge is -2.31. The number of halogens is 2. The number of hydrogen-bond acceptors (Lipinski definition) is 3. The first-order chi connectivity index (χ1) is 14.5. The number of rotatable bonds is 5. The van der Waals surface area contributed by atoms with Crippen molar-refractivity contribution in [2.75, 3.05) is 19.3 Å². The first-order valence-corrected chi connectivity index (χ1v) is 11.6. The van der Waals surface area contributed by atoms with Crippen LogP contribution in [0.2, 0.25) is 0 Å². The molecule has 1 amide bonds. The molecule has 1 aliphatic heterocycles. The number of nitrogens with zero attached hydrogens (tertiary/aromatic N) is 2. The van der Waals surface area contributed by atoms with E-state index in [1.54, 1.807) is 12.1 Å². The second kappa shape index (κ2) is 8.88. The van der Waals surface area contributed by atoms with Crippen LogP contribution in [0.15, 0.2) is 46.9 Å². The van der Waals surface area contributed by atoms with Crippen LogP contribution in [0.4, 0.5) is 8.78 Å². The van der Waals surface area contributed by atoms with Gasteiger partial charge in [0.15, 0.2) is 0 Å². The number of benzene rings is 2. The Morgan fingerprint density at radius 1 is 1.17 bits per heavy atom. The SMILES string of the molecule is CS/N=C\C1CCCN(C(=O)C2C(C)C2c2ccccc2-c2c(F)cccc2F)C1. The minimum absolute atomic E-state index is 0.00953. The van der Waals surface area contributed by atoms with Gasteiger partial charge in [0.05, 0.1) is 5.56 Å². The maximum atomic E-state index is 14.5. The molecule has 2 aliphatic rings. The van der Waals surface area contributed by atoms with Gasteiger partial charge in [-0.2, -0.15) is 0 Å². The fourth-order valence-corrected chi connectivity index (χ4v) is 5.07. The van der Waals surface area contributed by atoms with Gasteiger partial charge in [0.2, 0.25) is 5.91 Å². The molecule has 2 aromatic rings. The van der Waals surface area contributed by atoms with Crippen molar-refractivity contribution in [3.05, 3.63) is 59.7 Å². The molecule has 1 saturated heterocycles. The highest BCUT2D eigenvalue weighted by atomic mass is 32.2. The molecule has 2 aromatic carbocycles. The summed E-state index contributed by atoms with van der Waals surface area (Å²) in [5.41, 5.74) is 1.39. The lowest BCUT2D eigenvalue weighted by molar-refractivity contribution is -0.134. The molecule has 4 atom stereocenters. The van der Waals surface area contributed by atoms with Crippen molar-refractivity contribution in [3.8, 4) is 11.1 Å². The van der Waals surface area contributed by atoms with Crippen molar-refractivity contribution in [1.82, 2.24) is 4.90 Å². The van der Waals surface area contributed by atoms with Gasteiger partial charge in [-0.1, -0.05) is 37.3 Å². The molecule has 1 saturated carbocycles. The first kappa shape index (κ1) is 21.0. The Hall–Kier alpha value is -2.21. The Kier molecular flexibility index (Phi) is 6.23. The van der Waals surface area contributed by atoms with Crippen LogP contribution >= 0.6 is 11.9 Å². The Morgan fingerprint density at radius 3 is 2.63 bits per heavy atom. The maximum absolute atomic E-state index is 14.5. The molecule has 1 heterocycles. The van der Waals surface area contributed by atoms with E-state index in [9.17, 15) is 13.6 Å². The van der Waals surface area contributed by atoms with Crippen LogP contribution in [-0.4, -0.2) is 36.4 Å². The quantitative estimate of drug-likeness (QED) is 0.461. The molecule has 4 unspecified atom stereocenters. The fourth-order valence-electron chi connectivity index (χ4n) is 4.78. The highest BCUT2D eigenvalue weighted by molar-refractivity contribution is 7.97. The molecular formula is C24H26F2N2OS. The summed E-state index contributed by atoms with van der Waals surface area (Å²) in [4.78, 5) is 15.2. The Balaban J connectivity index is 1.57. The zero-order valence-corrected chi connectivity index (χ0v) is 18.0. The van der Waals surface area contributed by atoms with E-state index in [2.05, 4.69) is 11.3 Å². The van der Waals surface area contributed by atoms with E-state index in [4.69, 9.17) is 0 Å². The van der Waals surface area contributed by atoms with Crippen molar-refractivity contribution >= 4 is 24.1 Å². The second-order valence-electron chi connectivity index (χ2n) is 8.22. The van der Waals surface area contributed by atoms with Gasteiger partial charge in [-0.25, -0.2) is 13.2 Å². The van der Waals surface area contributed by atoms with Gasteiger partial charge >= 0.3 is 0 Å². The predicted molar refractivity (Wildman–Crippen MR) is 119 cm³/mol. The van der Waals surface area contributed by atoms with Crippen LogP contribution in [-0.2, 0) is 4.79 Å². The molecule has 0 aromatic heterocycles. The van der Waals surface area contributed by atoms with Gasteiger partial charge in [-0.15, -0.1) is 0 Å². The summed E-state index contributed by atoms with van der Waals surface area (Å²) in [7, 11) is 0. The summed E-state index contributed by atoms with van der Waals surface area (Å²) in [6.07, 6.45) is 5.90. The van der Waals surface area contributed by atoms with E-state index in [0.717, 1.165) is 24.9 Å². The Morgan fingerprint density at radius 2 is 1.90 bits per heavy atom. The molecule has 30 heavy (non-hydrogen) atoms. The van der Waals surface area contributed by atoms with E-state index in [1.165, 1.54) is 30.1 Å². The summed E-state index contributed by atoms with van der Waals surface area (Å²) < 4.78 is 33.2. The number of likely N-dealkylation sites (tertiary alicyclic amines) is 1. The third-order valence-corrected chi connectivity index (χ3v) is 6.70. The molecule has 3 nitrogen and oxygen atoms in total. The lowest BCUT2D eigenvalue weighted by atomic mass is 9.94. The van der Waals surface area contributed by atoms with Crippen molar-refractivity contribution in [2.24, 2.45) is 22.2 Å². The smallest absolute Gasteiger partial charge is 0.226 e. The van der Waals surface area contributed by atoms with Crippen LogP contribution in [0.1, 0.15) is 31.2 Å². The lowest BCUT2D eigenvalue weighted by Crippen LogP contribution is -2.41. The normalized spacial score (nSPS) is 26.2. The molecule has 0 bridgehead atoms. The Labute approximate surface area is 180 Å². The van der Waals surface area contributed by atoms with E-state index < -0.39 is 11.6 Å². The van der Waals surface area contributed by atoms with Gasteiger partial charge < -0.3 is 4.90 Å². The summed E-state index contributed by atoms with van der Waals surface area (Å²) in [6.45, 7) is 3.52. The van der Waals surface area contributed by atoms with E-state index in [1.807, 2.05) is 29.5 Å². The largest absolute Gasteiger partial charge is 0.342 e. The summed E-state index contributed by atoms with van der Waals surface area (Å²) >= 11 is 1.43. The van der Waals surface area contributed by atoms with Crippen LogP contribution in [0.5, 0.6) is 0 Å². The molecule has 6 heteroatoms. The second-order valence-corrected chi connectivity index (χ2v) is 8.79. The van der Waals surface area contributed by atoms with Crippen LogP contribution in [0.25, 0.3) is 11.1 Å². The van der Waals surface area contributed by atoms with Crippen molar-refractivity contribution < 1.29 is 13.6 Å². The monoisotopic (exact) mass is 428 g/mol. The first-order valence-electron chi connectivity index (χ1n) is 10.4. The third kappa shape index (κ3) is 4.02. The average Bonchev–Trinajstić information content (AvgIpc) is 3.42. The number of hydrogen-bond donors (Lipinski definition) is 0. The zero-order valence-electron chi connectivity index (χ0n) is 17.2. The summed E-state index contributed by atoms with van der Waals surface area (Å²) in [6, 6.07) is 11.2. The van der Waals surface area contributed by atoms with Crippen LogP contribution < -0.4 is 0 Å². The summed E-state index contributed by atoms with van der Waals surface area (Å²) in [5, 5.41) is 0. The fraction of sp³-hybridized carbons (Fsp3) is 0.417. The molecule has 0 radical (unpaired) electrons. The topological polar surface area (TPSA) is 32.7 Å². The van der Waals surface area contributed by atoms with Crippen molar-refractivity contribution in [3.63, 3.8) is 0 Å². The van der Waals surface area contributed by atoms with Gasteiger partial charge in [-0.05, 0) is 59.9 Å². The van der Waals surface area contributed by atoms with Gasteiger partial charge in [-0.3, -0.25) is 4.79 Å². The highest BCUT2D eigenvalue weighted by Gasteiger charge is 2.54. The maximum Gasteiger partial charge on any atom is 0.226 e. The number of piperidine rings is 1. The average molecular weight is 429 g/mol. The Bertz CT molecular complexity index is 944. The zero-order chi connectivity index (χ0) is 21.3. The van der Waals surface area contributed by atoms with Gasteiger partial charge in [0.25, 0.3) is 0 Å². The number of amides is 1. The minimum Gasteiger partial charge on any atom is -0.342 e. The van der Waals surface area contributed by atoms with E-state index in [0.29, 0.717) is 18.0 Å². The minimum atomic E-state index is -0.578. The number of carbonyl (C=O) groups is 1. The molecule has 1 aliphatic carbocycles. The standard InChI is InChI=1S/C24H26F2N2OS/c1-15-21(22(15)24(29)28-12-6-7-16(14-28)13-27-30-2)17-8-3-4-9-18(17)23-19(25)10-5-11-20(23)26/h3-5,8-11,13,15-16,21-22H,6-7,12,14H2,1-2H3/b27-13-. The van der Waals surface area contributed by atoms with Crippen LogP contribution in [0.3, 0.4) is 0 Å². The molecule has 158 valence electrons. The van der Waals surface area contributed by atoms with Crippen molar-refractivity contribution in [1.29, 1.82) is 0 Å². The molecule has 0 N–H and O–H groups in total. The molecule has 0 spiro atoms. The third-order valence-electron chi connectivity index (χ3n) is 6.36. The van der Waals surface area contributed by atoms with Crippen molar-refractivity contribution in [2.45, 2.75) is 25.7 Å². The molecule has 4 rings (SSSR count). The highest BCUT2D eigenvalue weighted by Crippen LogP contribution is 2.56. The molecule has 2 fully saturated rings. The van der Waals surface area contributed by atoms with Gasteiger partial charge in [0, 0.05) is 37.4 Å². The predicted octanol–water partition coefficient (Wildman–Crippen LogP) is 5.57. The molecular weight excluding hydrogens is 402 g/mol. The van der Waals surface area contributed by atoms with E-state index in [-0.39, 0.29) is 29.2 Å². The summed E-state index contributed by atoms with van der Waals surface area (Å²) in [5.74, 6) is -0.726. The van der Waals surface area contributed by atoms with E-state index >= 15 is 0 Å². The number of carbonyl (C=O) groups excluding carboxylic acids is 1. The van der Waals surface area contributed by atoms with Crippen LogP contribution in [0, 0.1) is 29.4 Å². The van der Waals surface area contributed by atoms with Gasteiger partial charge in [0.1, 0.15) is 11.6 Å².